The van der Waals surface area contributed by atoms with Gasteiger partial charge in [-0.15, -0.1) is 0 Å². The molecule has 30 heavy (non-hydrogen) atoms. The molecule has 1 saturated carbocycles. The number of Topliss-reactive ketones (excluding diaryl/α,β-unsaturated/α-hetero) is 1. The number of carbonyl (C=O) groups is 2. The van der Waals surface area contributed by atoms with Crippen molar-refractivity contribution >= 4 is 23.1 Å². The number of aromatic nitrogens is 1. The first-order chi connectivity index (χ1) is 14.6. The number of nitrogens with zero attached hydrogens (tertiary/aromatic N) is 2. The average Bonchev–Trinajstić information content (AvgIpc) is 2.74. The standard InChI is InChI=1S/C24H25N3O3/c1-3-30-18-11-9-16(10-12-18)22-21(24(29)27-17-6-5-13-25-14-17)15(2)26-19-7-4-8-20(28)23(19)22/h5-6,9-14,22-23H,3-4,7-8H2,1-2H3,(H,27,29)/t22-,23?/m1/s1. The number of ether oxygens (including phenoxy) is 1. The fourth-order valence-electron chi connectivity index (χ4n) is 4.35. The van der Waals surface area contributed by atoms with E-state index in [1.54, 1.807) is 24.5 Å². The van der Waals surface area contributed by atoms with Gasteiger partial charge in [0.15, 0.2) is 0 Å². The number of ketones is 1. The smallest absolute Gasteiger partial charge is 0.254 e. The molecule has 0 bridgehead atoms. The molecule has 1 aromatic heterocycles. The molecule has 154 valence electrons. The molecule has 1 aliphatic heterocycles. The number of amides is 1. The lowest BCUT2D eigenvalue weighted by atomic mass is 9.69. The van der Waals surface area contributed by atoms with Gasteiger partial charge in [-0.1, -0.05) is 12.1 Å². The van der Waals surface area contributed by atoms with E-state index in [0.29, 0.717) is 30.0 Å². The minimum Gasteiger partial charge on any atom is -0.494 e. The van der Waals surface area contributed by atoms with E-state index in [1.165, 1.54) is 0 Å². The van der Waals surface area contributed by atoms with Crippen molar-refractivity contribution in [1.82, 2.24) is 4.98 Å². The molecule has 2 aliphatic rings. The summed E-state index contributed by atoms with van der Waals surface area (Å²) in [6.45, 7) is 4.37. The number of rotatable bonds is 5. The molecule has 6 heteroatoms. The molecule has 4 rings (SSSR count). The van der Waals surface area contributed by atoms with E-state index < -0.39 is 5.92 Å². The Kier molecular flexibility index (Phi) is 5.74. The molecule has 0 radical (unpaired) electrons. The molecule has 1 aromatic carbocycles. The molecule has 1 aliphatic carbocycles. The van der Waals surface area contributed by atoms with Crippen LogP contribution in [0, 0.1) is 5.92 Å². The molecular weight excluding hydrogens is 378 g/mol. The number of nitrogens with one attached hydrogen (secondary N) is 1. The third-order valence-electron chi connectivity index (χ3n) is 5.62. The zero-order valence-corrected chi connectivity index (χ0v) is 17.2. The zero-order chi connectivity index (χ0) is 21.1. The Bertz CT molecular complexity index is 1010. The number of hydrogen-bond acceptors (Lipinski definition) is 5. The van der Waals surface area contributed by atoms with Crippen LogP contribution in [0.15, 0.2) is 65.1 Å². The van der Waals surface area contributed by atoms with E-state index in [1.807, 2.05) is 38.1 Å². The van der Waals surface area contributed by atoms with Crippen molar-refractivity contribution in [3.63, 3.8) is 0 Å². The quantitative estimate of drug-likeness (QED) is 0.807. The summed E-state index contributed by atoms with van der Waals surface area (Å²) < 4.78 is 5.56. The highest BCUT2D eigenvalue weighted by molar-refractivity contribution is 6.14. The van der Waals surface area contributed by atoms with E-state index in [-0.39, 0.29) is 17.6 Å². The summed E-state index contributed by atoms with van der Waals surface area (Å²) in [5.41, 5.74) is 3.61. The number of allylic oxidation sites excluding steroid dienone is 1. The summed E-state index contributed by atoms with van der Waals surface area (Å²) in [5, 5.41) is 2.92. The molecule has 1 amide bonds. The predicted molar refractivity (Wildman–Crippen MR) is 116 cm³/mol. The first kappa shape index (κ1) is 20.0. The normalized spacial score (nSPS) is 21.0. The number of benzene rings is 1. The Morgan fingerprint density at radius 3 is 2.67 bits per heavy atom. The lowest BCUT2D eigenvalue weighted by Crippen LogP contribution is -2.39. The minimum atomic E-state index is -0.393. The number of aliphatic imine (C=N–C) groups is 1. The number of pyridine rings is 1. The van der Waals surface area contributed by atoms with Crippen molar-refractivity contribution in [3.8, 4) is 5.75 Å². The molecule has 2 atom stereocenters. The molecule has 1 unspecified atom stereocenters. The van der Waals surface area contributed by atoms with Crippen LogP contribution < -0.4 is 10.1 Å². The summed E-state index contributed by atoms with van der Waals surface area (Å²) in [4.78, 5) is 35.0. The van der Waals surface area contributed by atoms with E-state index in [9.17, 15) is 9.59 Å². The molecule has 2 aromatic rings. The van der Waals surface area contributed by atoms with Crippen molar-refractivity contribution in [2.24, 2.45) is 10.9 Å². The van der Waals surface area contributed by atoms with Gasteiger partial charge in [-0.25, -0.2) is 0 Å². The van der Waals surface area contributed by atoms with E-state index in [4.69, 9.17) is 9.73 Å². The third-order valence-corrected chi connectivity index (χ3v) is 5.62. The lowest BCUT2D eigenvalue weighted by Gasteiger charge is -2.36. The molecule has 0 saturated heterocycles. The summed E-state index contributed by atoms with van der Waals surface area (Å²) in [6, 6.07) is 11.2. The second-order valence-corrected chi connectivity index (χ2v) is 7.58. The van der Waals surface area contributed by atoms with Crippen LogP contribution in [0.25, 0.3) is 0 Å². The summed E-state index contributed by atoms with van der Waals surface area (Å²) in [5.74, 6) is -0.0886. The van der Waals surface area contributed by atoms with E-state index in [2.05, 4.69) is 10.3 Å². The van der Waals surface area contributed by atoms with Crippen LogP contribution in [0.1, 0.15) is 44.6 Å². The maximum atomic E-state index is 13.3. The van der Waals surface area contributed by atoms with Gasteiger partial charge in [0.05, 0.1) is 24.4 Å². The topological polar surface area (TPSA) is 80.7 Å². The Morgan fingerprint density at radius 1 is 1.17 bits per heavy atom. The van der Waals surface area contributed by atoms with Crippen molar-refractivity contribution < 1.29 is 14.3 Å². The molecule has 1 fully saturated rings. The first-order valence-corrected chi connectivity index (χ1v) is 10.3. The summed E-state index contributed by atoms with van der Waals surface area (Å²) in [7, 11) is 0. The maximum Gasteiger partial charge on any atom is 0.254 e. The average molecular weight is 403 g/mol. The van der Waals surface area contributed by atoms with Gasteiger partial charge in [-0.05, 0) is 56.5 Å². The van der Waals surface area contributed by atoms with Crippen LogP contribution in [0.2, 0.25) is 0 Å². The lowest BCUT2D eigenvalue weighted by molar-refractivity contribution is -0.122. The van der Waals surface area contributed by atoms with Gasteiger partial charge >= 0.3 is 0 Å². The van der Waals surface area contributed by atoms with Gasteiger partial charge in [0, 0.05) is 35.5 Å². The molecule has 2 heterocycles. The zero-order valence-electron chi connectivity index (χ0n) is 17.2. The predicted octanol–water partition coefficient (Wildman–Crippen LogP) is 4.30. The molecule has 6 nitrogen and oxygen atoms in total. The maximum absolute atomic E-state index is 13.3. The highest BCUT2D eigenvalue weighted by Gasteiger charge is 2.43. The Balaban J connectivity index is 1.76. The van der Waals surface area contributed by atoms with Gasteiger partial charge < -0.3 is 10.1 Å². The Hall–Kier alpha value is -3.28. The van der Waals surface area contributed by atoms with Crippen molar-refractivity contribution in [2.75, 3.05) is 11.9 Å². The monoisotopic (exact) mass is 403 g/mol. The number of carbonyl (C=O) groups excluding carboxylic acids is 2. The fourth-order valence-corrected chi connectivity index (χ4v) is 4.35. The van der Waals surface area contributed by atoms with Crippen molar-refractivity contribution in [3.05, 3.63) is 65.6 Å². The van der Waals surface area contributed by atoms with Crippen molar-refractivity contribution in [1.29, 1.82) is 0 Å². The minimum absolute atomic E-state index is 0.151. The van der Waals surface area contributed by atoms with Crippen LogP contribution in [0.5, 0.6) is 5.75 Å². The van der Waals surface area contributed by atoms with Crippen LogP contribution in [-0.2, 0) is 9.59 Å². The highest BCUT2D eigenvalue weighted by atomic mass is 16.5. The van der Waals surface area contributed by atoms with Crippen LogP contribution >= 0.6 is 0 Å². The summed E-state index contributed by atoms with van der Waals surface area (Å²) >= 11 is 0. The van der Waals surface area contributed by atoms with Crippen LogP contribution in [-0.4, -0.2) is 29.0 Å². The Labute approximate surface area is 176 Å². The molecular formula is C24H25N3O3. The number of fused-ring (bicyclic) bond motifs is 1. The third kappa shape index (κ3) is 3.90. The first-order valence-electron chi connectivity index (χ1n) is 10.3. The van der Waals surface area contributed by atoms with Gasteiger partial charge in [0.2, 0.25) is 0 Å². The fraction of sp³-hybridized carbons (Fsp3) is 0.333. The summed E-state index contributed by atoms with van der Waals surface area (Å²) in [6.07, 6.45) is 5.38. The van der Waals surface area contributed by atoms with Gasteiger partial charge in [-0.2, -0.15) is 0 Å². The Morgan fingerprint density at radius 2 is 1.97 bits per heavy atom. The SMILES string of the molecule is CCOc1ccc([C@@H]2C(C(=O)Nc3cccnc3)=C(C)N=C3CCCC(=O)C32)cc1. The molecule has 1 N–H and O–H groups in total. The second-order valence-electron chi connectivity index (χ2n) is 7.58. The largest absolute Gasteiger partial charge is 0.494 e. The van der Waals surface area contributed by atoms with Gasteiger partial charge in [0.25, 0.3) is 5.91 Å². The van der Waals surface area contributed by atoms with Crippen LogP contribution in [0.3, 0.4) is 0 Å². The van der Waals surface area contributed by atoms with Gasteiger partial charge in [0.1, 0.15) is 11.5 Å². The van der Waals surface area contributed by atoms with Crippen molar-refractivity contribution in [2.45, 2.75) is 39.0 Å². The van der Waals surface area contributed by atoms with E-state index in [0.717, 1.165) is 29.9 Å². The van der Waals surface area contributed by atoms with E-state index >= 15 is 0 Å². The number of anilines is 1. The molecule has 0 spiro atoms. The highest BCUT2D eigenvalue weighted by Crippen LogP contribution is 2.43. The van der Waals surface area contributed by atoms with Gasteiger partial charge in [-0.3, -0.25) is 19.6 Å². The van der Waals surface area contributed by atoms with Crippen LogP contribution in [0.4, 0.5) is 5.69 Å². The second kappa shape index (κ2) is 8.61. The number of hydrogen-bond donors (Lipinski definition) is 1.